The van der Waals surface area contributed by atoms with E-state index in [2.05, 4.69) is 5.32 Å². The summed E-state index contributed by atoms with van der Waals surface area (Å²) in [5.41, 5.74) is 0.835. The Kier molecular flexibility index (Phi) is 6.09. The number of rotatable bonds is 7. The normalized spacial score (nSPS) is 10.4. The number of carboxylic acids is 1. The highest BCUT2D eigenvalue weighted by molar-refractivity contribution is 5.98. The second kappa shape index (κ2) is 8.88. The third-order valence-electron chi connectivity index (χ3n) is 4.12. The maximum Gasteiger partial charge on any atom is 0.339 e. The number of anilines is 1. The number of carbonyl (C=O) groups excluding carboxylic acids is 2. The fraction of sp³-hybridized carbons (Fsp3) is 0.136. The van der Waals surface area contributed by atoms with Crippen LogP contribution < -0.4 is 10.1 Å². The Balaban J connectivity index is 1.67. The highest BCUT2D eigenvalue weighted by Gasteiger charge is 2.15. The molecule has 0 unspecified atom stereocenters. The number of amides is 1. The maximum atomic E-state index is 12.2. The fourth-order valence-electron chi connectivity index (χ4n) is 2.75. The largest absolute Gasteiger partial charge is 0.483 e. The third kappa shape index (κ3) is 4.90. The first kappa shape index (κ1) is 19.9. The van der Waals surface area contributed by atoms with Gasteiger partial charge >= 0.3 is 11.9 Å². The summed E-state index contributed by atoms with van der Waals surface area (Å²) in [5.74, 6) is -1.92. The molecule has 0 atom stereocenters. The molecular weight excluding hydrogens is 374 g/mol. The first-order valence-corrected chi connectivity index (χ1v) is 8.94. The maximum absolute atomic E-state index is 12.2. The highest BCUT2D eigenvalue weighted by atomic mass is 16.5. The predicted molar refractivity (Wildman–Crippen MR) is 107 cm³/mol. The summed E-state index contributed by atoms with van der Waals surface area (Å²) in [4.78, 5) is 35.3. The van der Waals surface area contributed by atoms with E-state index in [1.165, 1.54) is 6.07 Å². The minimum atomic E-state index is -1.14. The lowest BCUT2D eigenvalue weighted by Gasteiger charge is -2.11. The number of carbonyl (C=O) groups is 3. The van der Waals surface area contributed by atoms with E-state index in [-0.39, 0.29) is 24.5 Å². The van der Waals surface area contributed by atoms with E-state index in [1.54, 1.807) is 43.3 Å². The molecule has 0 radical (unpaired) electrons. The Morgan fingerprint density at radius 2 is 1.62 bits per heavy atom. The van der Waals surface area contributed by atoms with Crippen LogP contribution in [0.4, 0.5) is 5.69 Å². The van der Waals surface area contributed by atoms with Crippen molar-refractivity contribution in [1.82, 2.24) is 0 Å². The molecule has 3 aromatic carbocycles. The quantitative estimate of drug-likeness (QED) is 0.593. The molecule has 3 rings (SSSR count). The zero-order chi connectivity index (χ0) is 20.8. The van der Waals surface area contributed by atoms with Crippen molar-refractivity contribution in [3.8, 4) is 5.75 Å². The van der Waals surface area contributed by atoms with Crippen LogP contribution in [0.15, 0.2) is 60.7 Å². The van der Waals surface area contributed by atoms with E-state index in [4.69, 9.17) is 9.47 Å². The van der Waals surface area contributed by atoms with Crippen LogP contribution in [-0.2, 0) is 9.53 Å². The zero-order valence-corrected chi connectivity index (χ0v) is 15.7. The molecule has 0 bridgehead atoms. The minimum Gasteiger partial charge on any atom is -0.483 e. The molecule has 7 nitrogen and oxygen atoms in total. The molecule has 0 fully saturated rings. The van der Waals surface area contributed by atoms with E-state index in [0.29, 0.717) is 11.3 Å². The Labute approximate surface area is 166 Å². The Hall–Kier alpha value is -3.87. The summed E-state index contributed by atoms with van der Waals surface area (Å²) in [6, 6.07) is 16.6. The summed E-state index contributed by atoms with van der Waals surface area (Å²) in [6.45, 7) is 1.64. The predicted octanol–water partition coefficient (Wildman–Crippen LogP) is 3.73. The number of hydrogen-bond donors (Lipinski definition) is 2. The van der Waals surface area contributed by atoms with Crippen molar-refractivity contribution >= 4 is 34.3 Å². The van der Waals surface area contributed by atoms with E-state index < -0.39 is 17.8 Å². The van der Waals surface area contributed by atoms with Gasteiger partial charge in [0.15, 0.2) is 6.61 Å². The molecule has 0 aliphatic rings. The van der Waals surface area contributed by atoms with Gasteiger partial charge in [0.1, 0.15) is 11.3 Å². The van der Waals surface area contributed by atoms with E-state index >= 15 is 0 Å². The van der Waals surface area contributed by atoms with Gasteiger partial charge in [0, 0.05) is 5.69 Å². The first-order valence-electron chi connectivity index (χ1n) is 8.94. The number of ether oxygens (including phenoxy) is 2. The van der Waals surface area contributed by atoms with Gasteiger partial charge in [-0.15, -0.1) is 0 Å². The average molecular weight is 393 g/mol. The molecule has 0 heterocycles. The number of fused-ring (bicyclic) bond motifs is 1. The highest BCUT2D eigenvalue weighted by Crippen LogP contribution is 2.26. The lowest BCUT2D eigenvalue weighted by molar-refractivity contribution is -0.118. The van der Waals surface area contributed by atoms with Gasteiger partial charge in [-0.25, -0.2) is 9.59 Å². The molecule has 1 amide bonds. The van der Waals surface area contributed by atoms with E-state index in [9.17, 15) is 19.5 Å². The second-order valence-electron chi connectivity index (χ2n) is 6.14. The molecule has 2 N–H and O–H groups in total. The summed E-state index contributed by atoms with van der Waals surface area (Å²) >= 11 is 0. The summed E-state index contributed by atoms with van der Waals surface area (Å²) in [6.07, 6.45) is 0. The molecule has 0 saturated heterocycles. The van der Waals surface area contributed by atoms with Gasteiger partial charge in [-0.1, -0.05) is 24.3 Å². The van der Waals surface area contributed by atoms with Crippen molar-refractivity contribution in [2.24, 2.45) is 0 Å². The van der Waals surface area contributed by atoms with Crippen LogP contribution in [0, 0.1) is 0 Å². The minimum absolute atomic E-state index is 0.0183. The molecule has 0 saturated carbocycles. The number of benzene rings is 3. The Bertz CT molecular complexity index is 1060. The van der Waals surface area contributed by atoms with Crippen molar-refractivity contribution in [1.29, 1.82) is 0 Å². The Morgan fingerprint density at radius 3 is 2.24 bits per heavy atom. The number of carboxylic acid groups (broad SMARTS) is 1. The molecule has 29 heavy (non-hydrogen) atoms. The molecule has 148 valence electrons. The summed E-state index contributed by atoms with van der Waals surface area (Å²) < 4.78 is 10.4. The van der Waals surface area contributed by atoms with Crippen LogP contribution in [0.2, 0.25) is 0 Å². The lowest BCUT2D eigenvalue weighted by Crippen LogP contribution is -2.21. The van der Waals surface area contributed by atoms with Gasteiger partial charge in [0.05, 0.1) is 12.2 Å². The average Bonchev–Trinajstić information content (AvgIpc) is 2.72. The van der Waals surface area contributed by atoms with Crippen molar-refractivity contribution < 1.29 is 29.0 Å². The first-order chi connectivity index (χ1) is 14.0. The van der Waals surface area contributed by atoms with Crippen molar-refractivity contribution in [3.63, 3.8) is 0 Å². The SMILES string of the molecule is CCOC(=O)c1ccc(NC(=O)COc2cc3ccccc3cc2C(=O)O)cc1. The van der Waals surface area contributed by atoms with Crippen LogP contribution in [0.3, 0.4) is 0 Å². The van der Waals surface area contributed by atoms with Gasteiger partial charge in [0.25, 0.3) is 5.91 Å². The molecule has 3 aromatic rings. The van der Waals surface area contributed by atoms with Gasteiger partial charge in [-0.2, -0.15) is 0 Å². The smallest absolute Gasteiger partial charge is 0.339 e. The van der Waals surface area contributed by atoms with Crippen LogP contribution >= 0.6 is 0 Å². The lowest BCUT2D eigenvalue weighted by atomic mass is 10.1. The number of nitrogens with one attached hydrogen (secondary N) is 1. The number of hydrogen-bond acceptors (Lipinski definition) is 5. The van der Waals surface area contributed by atoms with Crippen LogP contribution in [0.25, 0.3) is 10.8 Å². The topological polar surface area (TPSA) is 102 Å². The second-order valence-corrected chi connectivity index (χ2v) is 6.14. The molecule has 0 aliphatic heterocycles. The zero-order valence-electron chi connectivity index (χ0n) is 15.7. The van der Waals surface area contributed by atoms with Crippen LogP contribution in [0.1, 0.15) is 27.6 Å². The third-order valence-corrected chi connectivity index (χ3v) is 4.12. The molecule has 7 heteroatoms. The van der Waals surface area contributed by atoms with Gasteiger partial charge in [-0.3, -0.25) is 4.79 Å². The van der Waals surface area contributed by atoms with E-state index in [1.807, 2.05) is 18.2 Å². The van der Waals surface area contributed by atoms with Crippen molar-refractivity contribution in [2.75, 3.05) is 18.5 Å². The summed E-state index contributed by atoms with van der Waals surface area (Å²) in [5, 5.41) is 13.6. The number of esters is 1. The molecule has 0 aliphatic carbocycles. The fourth-order valence-corrected chi connectivity index (χ4v) is 2.75. The Morgan fingerprint density at radius 1 is 0.966 bits per heavy atom. The van der Waals surface area contributed by atoms with Gasteiger partial charge in [-0.05, 0) is 54.1 Å². The van der Waals surface area contributed by atoms with Gasteiger partial charge < -0.3 is 19.9 Å². The van der Waals surface area contributed by atoms with Crippen LogP contribution in [0.5, 0.6) is 5.75 Å². The van der Waals surface area contributed by atoms with Gasteiger partial charge in [0.2, 0.25) is 0 Å². The van der Waals surface area contributed by atoms with Crippen molar-refractivity contribution in [3.05, 3.63) is 71.8 Å². The molecule has 0 spiro atoms. The van der Waals surface area contributed by atoms with Crippen molar-refractivity contribution in [2.45, 2.75) is 6.92 Å². The van der Waals surface area contributed by atoms with Crippen LogP contribution in [-0.4, -0.2) is 36.2 Å². The monoisotopic (exact) mass is 393 g/mol. The number of aromatic carboxylic acids is 1. The molecule has 0 aromatic heterocycles. The standard InChI is InChI=1S/C22H19NO6/c1-2-28-22(27)14-7-9-17(10-8-14)23-20(24)13-29-19-12-16-6-4-3-5-15(16)11-18(19)21(25)26/h3-12H,2,13H2,1H3,(H,23,24)(H,25,26). The van der Waals surface area contributed by atoms with E-state index in [0.717, 1.165) is 10.8 Å². The summed E-state index contributed by atoms with van der Waals surface area (Å²) in [7, 11) is 0. The molecular formula is C22H19NO6.